The summed E-state index contributed by atoms with van der Waals surface area (Å²) in [6, 6.07) is -3.36. The van der Waals surface area contributed by atoms with E-state index in [0.717, 1.165) is 7.11 Å². The van der Waals surface area contributed by atoms with E-state index in [1.165, 1.54) is 0 Å². The van der Waals surface area contributed by atoms with Gasteiger partial charge in [0.2, 0.25) is 0 Å². The summed E-state index contributed by atoms with van der Waals surface area (Å²) in [5.74, 6) is -2.42. The summed E-state index contributed by atoms with van der Waals surface area (Å²) in [6.07, 6.45) is -4.39. The van der Waals surface area contributed by atoms with Crippen molar-refractivity contribution in [3.63, 3.8) is 0 Å². The van der Waals surface area contributed by atoms with Gasteiger partial charge in [-0.3, -0.25) is 4.79 Å². The van der Waals surface area contributed by atoms with Crippen LogP contribution in [-0.2, 0) is 14.3 Å². The van der Waals surface area contributed by atoms with Crippen molar-refractivity contribution in [2.24, 2.45) is 0 Å². The van der Waals surface area contributed by atoms with E-state index < -0.39 is 49.2 Å². The van der Waals surface area contributed by atoms with Gasteiger partial charge in [0.15, 0.2) is 0 Å². The first-order valence-corrected chi connectivity index (χ1v) is 6.07. The number of alkyl halides is 3. The van der Waals surface area contributed by atoms with Crippen LogP contribution in [0.25, 0.3) is 0 Å². The van der Waals surface area contributed by atoms with Crippen molar-refractivity contribution < 1.29 is 37.4 Å². The second kappa shape index (κ2) is 6.64. The molecule has 1 fully saturated rings. The first kappa shape index (κ1) is 17.1. The van der Waals surface area contributed by atoms with Crippen LogP contribution in [0.5, 0.6) is 0 Å². The van der Waals surface area contributed by atoms with E-state index in [-0.39, 0.29) is 0 Å². The number of urea groups is 1. The molecule has 10 heteroatoms. The summed E-state index contributed by atoms with van der Waals surface area (Å²) < 4.78 is 41.5. The Labute approximate surface area is 118 Å². The van der Waals surface area contributed by atoms with Crippen LogP contribution >= 0.6 is 0 Å². The van der Waals surface area contributed by atoms with Crippen LogP contribution in [0.1, 0.15) is 19.3 Å². The third kappa shape index (κ3) is 5.88. The van der Waals surface area contributed by atoms with Crippen molar-refractivity contribution in [2.45, 2.75) is 37.5 Å². The molecule has 0 aromatic carbocycles. The highest BCUT2D eigenvalue weighted by Gasteiger charge is 2.41. The number of methoxy groups -OCH3 is 1. The molecule has 7 nitrogen and oxygen atoms in total. The molecule has 21 heavy (non-hydrogen) atoms. The highest BCUT2D eigenvalue weighted by atomic mass is 19.4. The number of hydrogen-bond donors (Lipinski definition) is 2. The average Bonchev–Trinajstić information content (AvgIpc) is 3.17. The first-order valence-electron chi connectivity index (χ1n) is 6.07. The Kier molecular flexibility index (Phi) is 5.39. The predicted molar refractivity (Wildman–Crippen MR) is 62.4 cm³/mol. The van der Waals surface area contributed by atoms with Gasteiger partial charge in [0.1, 0.15) is 12.6 Å². The fourth-order valence-electron chi connectivity index (χ4n) is 1.63. The molecule has 0 aromatic rings. The van der Waals surface area contributed by atoms with Gasteiger partial charge in [-0.1, -0.05) is 0 Å². The van der Waals surface area contributed by atoms with Gasteiger partial charge in [0.05, 0.1) is 13.5 Å². The van der Waals surface area contributed by atoms with Crippen LogP contribution in [0.4, 0.5) is 18.0 Å². The summed E-state index contributed by atoms with van der Waals surface area (Å²) in [6.45, 7) is -1.46. The Morgan fingerprint density at radius 2 is 1.95 bits per heavy atom. The Morgan fingerprint density at radius 1 is 1.38 bits per heavy atom. The average molecular weight is 312 g/mol. The fraction of sp³-hybridized carbons (Fsp3) is 0.727. The normalized spacial score (nSPS) is 16.0. The lowest BCUT2D eigenvalue weighted by Gasteiger charge is -2.25. The molecular formula is C11H15F3N2O5. The lowest BCUT2D eigenvalue weighted by molar-refractivity contribution is -0.148. The fourth-order valence-corrected chi connectivity index (χ4v) is 1.63. The lowest BCUT2D eigenvalue weighted by Crippen LogP contribution is -2.51. The van der Waals surface area contributed by atoms with Crippen molar-refractivity contribution >= 4 is 18.0 Å². The van der Waals surface area contributed by atoms with Gasteiger partial charge in [-0.05, 0) is 12.8 Å². The molecule has 0 unspecified atom stereocenters. The number of carboxylic acid groups (broad SMARTS) is 1. The zero-order chi connectivity index (χ0) is 16.2. The van der Waals surface area contributed by atoms with Crippen LogP contribution in [0.2, 0.25) is 0 Å². The molecule has 1 aliphatic rings. The summed E-state index contributed by atoms with van der Waals surface area (Å²) in [5.41, 5.74) is 0. The molecule has 1 rings (SSSR count). The monoisotopic (exact) mass is 312 g/mol. The number of carbonyl (C=O) groups is 3. The summed E-state index contributed by atoms with van der Waals surface area (Å²) in [7, 11) is 1.03. The van der Waals surface area contributed by atoms with Crippen LogP contribution in [-0.4, -0.2) is 59.9 Å². The third-order valence-electron chi connectivity index (χ3n) is 2.79. The standard InChI is InChI=1S/C11H15F3N2O5/c1-21-8(17)4-7(9(18)19)15-10(20)16(6-2-3-6)5-11(12,13)14/h6-7H,2-5H2,1H3,(H,15,20)(H,18,19)/t7-/m0/s1. The number of nitrogens with one attached hydrogen (secondary N) is 1. The Hall–Kier alpha value is -2.00. The van der Waals surface area contributed by atoms with E-state index in [4.69, 9.17) is 5.11 Å². The summed E-state index contributed by atoms with van der Waals surface area (Å²) >= 11 is 0. The highest BCUT2D eigenvalue weighted by Crippen LogP contribution is 2.30. The molecule has 0 saturated heterocycles. The van der Waals surface area contributed by atoms with Gasteiger partial charge in [-0.15, -0.1) is 0 Å². The molecule has 0 bridgehead atoms. The van der Waals surface area contributed by atoms with Gasteiger partial charge in [-0.2, -0.15) is 13.2 Å². The smallest absolute Gasteiger partial charge is 0.406 e. The van der Waals surface area contributed by atoms with Gasteiger partial charge < -0.3 is 20.1 Å². The molecule has 2 amide bonds. The molecule has 0 heterocycles. The lowest BCUT2D eigenvalue weighted by atomic mass is 10.2. The molecule has 0 spiro atoms. The quantitative estimate of drug-likeness (QED) is 0.705. The van der Waals surface area contributed by atoms with Crippen molar-refractivity contribution in [3.8, 4) is 0 Å². The number of aliphatic carboxylic acids is 1. The number of rotatable bonds is 6. The maximum Gasteiger partial charge on any atom is 0.406 e. The van der Waals surface area contributed by atoms with E-state index >= 15 is 0 Å². The van der Waals surface area contributed by atoms with Crippen LogP contribution < -0.4 is 5.32 Å². The van der Waals surface area contributed by atoms with Crippen molar-refractivity contribution in [1.29, 1.82) is 0 Å². The van der Waals surface area contributed by atoms with E-state index in [9.17, 15) is 27.6 Å². The number of hydrogen-bond acceptors (Lipinski definition) is 4. The SMILES string of the molecule is COC(=O)C[C@H](NC(=O)N(CC(F)(F)F)C1CC1)C(=O)O. The highest BCUT2D eigenvalue weighted by molar-refractivity contribution is 5.86. The van der Waals surface area contributed by atoms with E-state index in [1.54, 1.807) is 0 Å². The zero-order valence-corrected chi connectivity index (χ0v) is 11.1. The topological polar surface area (TPSA) is 95.9 Å². The van der Waals surface area contributed by atoms with Crippen molar-refractivity contribution in [1.82, 2.24) is 10.2 Å². The summed E-state index contributed by atoms with van der Waals surface area (Å²) in [4.78, 5) is 34.3. The minimum Gasteiger partial charge on any atom is -0.480 e. The Balaban J connectivity index is 2.69. The van der Waals surface area contributed by atoms with Crippen LogP contribution in [0, 0.1) is 0 Å². The van der Waals surface area contributed by atoms with Crippen LogP contribution in [0.15, 0.2) is 0 Å². The summed E-state index contributed by atoms with van der Waals surface area (Å²) in [5, 5.41) is 10.8. The third-order valence-corrected chi connectivity index (χ3v) is 2.79. The molecule has 1 saturated carbocycles. The number of esters is 1. The number of carboxylic acids is 1. The molecule has 0 aliphatic heterocycles. The molecule has 0 radical (unpaired) electrons. The number of halogens is 3. The van der Waals surface area contributed by atoms with Gasteiger partial charge in [0, 0.05) is 6.04 Å². The van der Waals surface area contributed by atoms with Gasteiger partial charge in [0.25, 0.3) is 0 Å². The van der Waals surface area contributed by atoms with E-state index in [2.05, 4.69) is 4.74 Å². The number of carbonyl (C=O) groups excluding carboxylic acids is 2. The maximum absolute atomic E-state index is 12.4. The maximum atomic E-state index is 12.4. The van der Waals surface area contributed by atoms with E-state index in [1.807, 2.05) is 5.32 Å². The predicted octanol–water partition coefficient (Wildman–Crippen LogP) is 0.739. The molecule has 0 aromatic heterocycles. The van der Waals surface area contributed by atoms with Crippen molar-refractivity contribution in [2.75, 3.05) is 13.7 Å². The van der Waals surface area contributed by atoms with E-state index in [0.29, 0.717) is 17.7 Å². The minimum atomic E-state index is -4.58. The second-order valence-electron chi connectivity index (χ2n) is 4.59. The number of nitrogens with zero attached hydrogens (tertiary/aromatic N) is 1. The van der Waals surface area contributed by atoms with Gasteiger partial charge in [-0.25, -0.2) is 9.59 Å². The Morgan fingerprint density at radius 3 is 2.33 bits per heavy atom. The largest absolute Gasteiger partial charge is 0.480 e. The number of amides is 2. The molecule has 2 N–H and O–H groups in total. The number of ether oxygens (including phenoxy) is 1. The Bertz CT molecular complexity index is 423. The first-order chi connectivity index (χ1) is 9.64. The molecule has 1 aliphatic carbocycles. The molecule has 1 atom stereocenters. The molecule has 120 valence electrons. The van der Waals surface area contributed by atoms with Crippen molar-refractivity contribution in [3.05, 3.63) is 0 Å². The second-order valence-corrected chi connectivity index (χ2v) is 4.59. The van der Waals surface area contributed by atoms with Gasteiger partial charge >= 0.3 is 24.1 Å². The molecular weight excluding hydrogens is 297 g/mol. The van der Waals surface area contributed by atoms with Crippen LogP contribution in [0.3, 0.4) is 0 Å². The zero-order valence-electron chi connectivity index (χ0n) is 11.1. The minimum absolute atomic E-state index is 0.429.